The van der Waals surface area contributed by atoms with E-state index in [1.165, 1.54) is 43.1 Å². The van der Waals surface area contributed by atoms with Crippen molar-refractivity contribution in [3.8, 4) is 0 Å². The smallest absolute Gasteiger partial charge is 0.184 e. The summed E-state index contributed by atoms with van der Waals surface area (Å²) in [7, 11) is 0. The Hall–Kier alpha value is -3.84. The Labute approximate surface area is 260 Å². The molecule has 0 aliphatic rings. The number of hydrogen-bond donors (Lipinski definition) is 0. The normalized spacial score (nSPS) is 9.60. The molecule has 4 radical (unpaired) electrons. The van der Waals surface area contributed by atoms with Gasteiger partial charge in [-0.25, -0.2) is 0 Å². The first-order valence-electron chi connectivity index (χ1n) is 12.8. The predicted molar refractivity (Wildman–Crippen MR) is 170 cm³/mol. The van der Waals surface area contributed by atoms with Crippen molar-refractivity contribution in [3.63, 3.8) is 0 Å². The molecule has 0 unspecified atom stereocenters. The van der Waals surface area contributed by atoms with Crippen molar-refractivity contribution >= 4 is 54.1 Å². The van der Waals surface area contributed by atoms with Crippen LogP contribution in [0.2, 0.25) is 0 Å². The summed E-state index contributed by atoms with van der Waals surface area (Å²) in [6, 6.07) is 63.5. The van der Waals surface area contributed by atoms with Crippen LogP contribution in [-0.4, -0.2) is 11.0 Å². The van der Waals surface area contributed by atoms with E-state index >= 15 is 0 Å². The van der Waals surface area contributed by atoms with Gasteiger partial charge in [0, 0.05) is 11.0 Å². The Bertz CT molecular complexity index is 1520. The molecule has 0 atom stereocenters. The summed E-state index contributed by atoms with van der Waals surface area (Å²) in [6.07, 6.45) is 0. The van der Waals surface area contributed by atoms with E-state index in [1.807, 2.05) is 60.7 Å². The first-order chi connectivity index (χ1) is 18.9. The second-order valence-electron chi connectivity index (χ2n) is 8.79. The Kier molecular flexibility index (Phi) is 12.5. The molecule has 0 aliphatic carbocycles. The summed E-state index contributed by atoms with van der Waals surface area (Å²) in [5.74, 6) is 0. The molecule has 0 amide bonds. The minimum atomic E-state index is 0. The van der Waals surface area contributed by atoms with Crippen molar-refractivity contribution in [1.29, 1.82) is 0 Å². The molecule has 2 heteroatoms. The molecule has 8 rings (SSSR count). The number of hydrogen-bond acceptors (Lipinski definition) is 0. The van der Waals surface area contributed by atoms with Crippen LogP contribution < -0.4 is 0 Å². The molecule has 0 bridgehead atoms. The van der Waals surface area contributed by atoms with Gasteiger partial charge in [0.1, 0.15) is 0 Å². The van der Waals surface area contributed by atoms with Gasteiger partial charge in [-0.15, -0.1) is 79.5 Å². The van der Waals surface area contributed by atoms with E-state index in [-0.39, 0.29) is 37.2 Å². The zero-order chi connectivity index (χ0) is 25.8. The fourth-order valence-corrected chi connectivity index (χ4v) is 4.49. The fraction of sp³-hybridized carbons (Fsp3) is 0. The maximum Gasteiger partial charge on any atom is 4.00 e. The first-order valence-corrected chi connectivity index (χ1v) is 12.8. The molecule has 40 heavy (non-hydrogen) atoms. The second-order valence-corrected chi connectivity index (χ2v) is 8.79. The zero-order valence-electron chi connectivity index (χ0n) is 22.2. The quantitative estimate of drug-likeness (QED) is 0.120. The Balaban J connectivity index is 0.000000154. The zero-order valence-corrected chi connectivity index (χ0v) is 25.6. The summed E-state index contributed by atoms with van der Waals surface area (Å²) in [5.41, 5.74) is 0. The number of rotatable bonds is 0. The molecule has 188 valence electrons. The number of benzene rings is 6. The Morgan fingerprint density at radius 2 is 0.575 bits per heavy atom. The van der Waals surface area contributed by atoms with E-state index in [2.05, 4.69) is 121 Å². The SMILES string of the molecule is [Si].[Zr+4].[c-]1ccccc1.[c-]1ccccc1.c1ccc2c(c1)[cH-]c1ccccc12.c1ccc2c(c1)[cH-]c1ccccc12. The van der Waals surface area contributed by atoms with E-state index in [0.29, 0.717) is 0 Å². The van der Waals surface area contributed by atoms with Crippen molar-refractivity contribution < 1.29 is 26.2 Å². The second kappa shape index (κ2) is 16.3. The first kappa shape index (κ1) is 30.7. The minimum Gasteiger partial charge on any atom is -0.184 e. The van der Waals surface area contributed by atoms with Crippen LogP contribution in [-0.2, 0) is 26.2 Å². The topological polar surface area (TPSA) is 0 Å². The van der Waals surface area contributed by atoms with Crippen LogP contribution in [0.4, 0.5) is 0 Å². The third-order valence-corrected chi connectivity index (χ3v) is 6.26. The third kappa shape index (κ3) is 8.09. The van der Waals surface area contributed by atoms with Crippen molar-refractivity contribution in [3.05, 3.63) is 182 Å². The van der Waals surface area contributed by atoms with Gasteiger partial charge in [0.2, 0.25) is 0 Å². The summed E-state index contributed by atoms with van der Waals surface area (Å²) < 4.78 is 0. The summed E-state index contributed by atoms with van der Waals surface area (Å²) in [6.45, 7) is 0. The van der Waals surface area contributed by atoms with E-state index < -0.39 is 0 Å². The van der Waals surface area contributed by atoms with Crippen molar-refractivity contribution in [1.82, 2.24) is 0 Å². The van der Waals surface area contributed by atoms with E-state index in [9.17, 15) is 0 Å². The molecule has 0 saturated heterocycles. The van der Waals surface area contributed by atoms with Gasteiger partial charge in [0.25, 0.3) is 0 Å². The molecule has 0 N–H and O–H groups in total. The standard InChI is InChI=1S/2C13H9.2C6H5.Si.Zr/c2*1-3-7-12-10(5-1)9-11-6-2-4-8-13(11)12;2*1-2-4-6-5-3-1;;/h2*1-9H;2*1-5H;;/q4*-1;;+4. The summed E-state index contributed by atoms with van der Waals surface area (Å²) in [4.78, 5) is 0. The molecule has 8 aromatic carbocycles. The average molecular weight is 604 g/mol. The number of fused-ring (bicyclic) bond motifs is 6. The van der Waals surface area contributed by atoms with Crippen LogP contribution in [0.25, 0.3) is 43.1 Å². The van der Waals surface area contributed by atoms with Gasteiger partial charge in [-0.2, -0.15) is 72.8 Å². The molecule has 0 aromatic heterocycles. The van der Waals surface area contributed by atoms with Gasteiger partial charge in [-0.1, -0.05) is 72.8 Å². The molecule has 0 aliphatic heterocycles. The van der Waals surface area contributed by atoms with Crippen LogP contribution in [0.15, 0.2) is 170 Å². The van der Waals surface area contributed by atoms with Crippen molar-refractivity contribution in [2.45, 2.75) is 0 Å². The fourth-order valence-electron chi connectivity index (χ4n) is 4.49. The molecule has 0 heterocycles. The average Bonchev–Trinajstić information content (AvgIpc) is 3.59. The van der Waals surface area contributed by atoms with Gasteiger partial charge >= 0.3 is 26.2 Å². The van der Waals surface area contributed by atoms with Crippen LogP contribution in [0.3, 0.4) is 0 Å². The molecule has 0 fully saturated rings. The molecule has 0 nitrogen and oxygen atoms in total. The van der Waals surface area contributed by atoms with E-state index in [1.54, 1.807) is 0 Å². The van der Waals surface area contributed by atoms with Gasteiger partial charge in [-0.3, -0.25) is 0 Å². The predicted octanol–water partition coefficient (Wildman–Crippen LogP) is 10.0. The molecule has 0 spiro atoms. The van der Waals surface area contributed by atoms with Gasteiger partial charge in [0.15, 0.2) is 0 Å². The van der Waals surface area contributed by atoms with E-state index in [4.69, 9.17) is 0 Å². The van der Waals surface area contributed by atoms with Gasteiger partial charge < -0.3 is 0 Å². The largest absolute Gasteiger partial charge is 4.00 e. The summed E-state index contributed by atoms with van der Waals surface area (Å²) in [5, 5.41) is 10.8. The maximum absolute atomic E-state index is 2.89. The van der Waals surface area contributed by atoms with Gasteiger partial charge in [0.05, 0.1) is 0 Å². The van der Waals surface area contributed by atoms with Crippen molar-refractivity contribution in [2.75, 3.05) is 0 Å². The Morgan fingerprint density at radius 1 is 0.325 bits per heavy atom. The third-order valence-electron chi connectivity index (χ3n) is 6.26. The molecular weight excluding hydrogens is 576 g/mol. The Morgan fingerprint density at radius 3 is 0.775 bits per heavy atom. The van der Waals surface area contributed by atoms with E-state index in [0.717, 1.165) is 0 Å². The van der Waals surface area contributed by atoms with Crippen LogP contribution in [0, 0.1) is 12.1 Å². The van der Waals surface area contributed by atoms with Gasteiger partial charge in [-0.05, 0) is 0 Å². The van der Waals surface area contributed by atoms with Crippen LogP contribution >= 0.6 is 0 Å². The maximum atomic E-state index is 2.89. The van der Waals surface area contributed by atoms with Crippen LogP contribution in [0.5, 0.6) is 0 Å². The summed E-state index contributed by atoms with van der Waals surface area (Å²) >= 11 is 0. The van der Waals surface area contributed by atoms with Crippen LogP contribution in [0.1, 0.15) is 0 Å². The monoisotopic (exact) mass is 602 g/mol. The molecule has 8 aromatic rings. The van der Waals surface area contributed by atoms with Crippen molar-refractivity contribution in [2.24, 2.45) is 0 Å². The molecular formula is C38H28SiZr. The molecule has 0 saturated carbocycles. The minimum absolute atomic E-state index is 0.